The first-order chi connectivity index (χ1) is 6.84. The molecule has 0 radical (unpaired) electrons. The van der Waals surface area contributed by atoms with Crippen molar-refractivity contribution in [3.63, 3.8) is 0 Å². The molecule has 0 saturated carbocycles. The lowest BCUT2D eigenvalue weighted by molar-refractivity contribution is 0.0915. The highest BCUT2D eigenvalue weighted by Gasteiger charge is 2.04. The van der Waals surface area contributed by atoms with E-state index in [1.807, 2.05) is 0 Å². The fourth-order valence-corrected chi connectivity index (χ4v) is 0.900. The minimum Gasteiger partial charge on any atom is -0.378 e. The molecule has 0 aromatic carbocycles. The maximum atomic E-state index is 11.3. The second-order valence-corrected chi connectivity index (χ2v) is 2.63. The summed E-state index contributed by atoms with van der Waals surface area (Å²) in [6, 6.07) is 1.61. The Morgan fingerprint density at radius 3 is 3.14 bits per heavy atom. The molecule has 0 aliphatic heterocycles. The summed E-state index contributed by atoms with van der Waals surface area (Å²) in [5, 5.41) is 8.90. The molecular formula is C8H14N4O2. The van der Waals surface area contributed by atoms with Crippen LogP contribution in [0.2, 0.25) is 0 Å². The van der Waals surface area contributed by atoms with Gasteiger partial charge in [0.1, 0.15) is 5.69 Å². The van der Waals surface area contributed by atoms with Crippen molar-refractivity contribution in [3.8, 4) is 0 Å². The topological polar surface area (TPSA) is 93.0 Å². The maximum absolute atomic E-state index is 11.3. The third-order valence-electron chi connectivity index (χ3n) is 1.54. The first-order valence-corrected chi connectivity index (χ1v) is 4.40. The summed E-state index contributed by atoms with van der Waals surface area (Å²) in [6.07, 6.45) is 1.53. The Morgan fingerprint density at radius 1 is 1.64 bits per heavy atom. The molecule has 0 unspecified atom stereocenters. The first-order valence-electron chi connectivity index (χ1n) is 4.40. The Balaban J connectivity index is 2.10. The van der Waals surface area contributed by atoms with Gasteiger partial charge < -0.3 is 15.8 Å². The van der Waals surface area contributed by atoms with E-state index in [0.717, 1.165) is 0 Å². The number of aromatic amines is 1. The van der Waals surface area contributed by atoms with Gasteiger partial charge in [0.2, 0.25) is 0 Å². The van der Waals surface area contributed by atoms with Crippen LogP contribution in [-0.2, 0) is 4.74 Å². The van der Waals surface area contributed by atoms with E-state index in [1.165, 1.54) is 6.20 Å². The fourth-order valence-electron chi connectivity index (χ4n) is 0.900. The molecule has 4 N–H and O–H groups in total. The third-order valence-corrected chi connectivity index (χ3v) is 1.54. The Hall–Kier alpha value is -1.40. The maximum Gasteiger partial charge on any atom is 0.269 e. The Bertz CT molecular complexity index is 260. The lowest BCUT2D eigenvalue weighted by atomic mass is 10.4. The second kappa shape index (κ2) is 6.11. The molecule has 0 aliphatic rings. The summed E-state index contributed by atoms with van der Waals surface area (Å²) in [7, 11) is 0. The van der Waals surface area contributed by atoms with Crippen molar-refractivity contribution in [2.24, 2.45) is 5.73 Å². The number of carbonyl (C=O) groups excluding carboxylic acids is 1. The average Bonchev–Trinajstić information content (AvgIpc) is 2.70. The van der Waals surface area contributed by atoms with Crippen LogP contribution in [0.3, 0.4) is 0 Å². The smallest absolute Gasteiger partial charge is 0.269 e. The normalized spacial score (nSPS) is 10.1. The van der Waals surface area contributed by atoms with E-state index in [9.17, 15) is 4.79 Å². The Kier molecular flexibility index (Phi) is 4.66. The number of amides is 1. The number of nitrogens with two attached hydrogens (primary N) is 1. The van der Waals surface area contributed by atoms with Crippen LogP contribution in [0.1, 0.15) is 10.5 Å². The van der Waals surface area contributed by atoms with Gasteiger partial charge in [0.15, 0.2) is 0 Å². The van der Waals surface area contributed by atoms with Crippen LogP contribution in [-0.4, -0.2) is 42.4 Å². The van der Waals surface area contributed by atoms with E-state index in [4.69, 9.17) is 10.5 Å². The largest absolute Gasteiger partial charge is 0.378 e. The molecular weight excluding hydrogens is 184 g/mol. The summed E-state index contributed by atoms with van der Waals surface area (Å²) >= 11 is 0. The summed E-state index contributed by atoms with van der Waals surface area (Å²) in [5.74, 6) is -0.182. The number of nitrogens with zero attached hydrogens (tertiary/aromatic N) is 1. The van der Waals surface area contributed by atoms with Crippen molar-refractivity contribution in [2.75, 3.05) is 26.3 Å². The number of H-pyrrole nitrogens is 1. The number of hydrogen-bond acceptors (Lipinski definition) is 4. The van der Waals surface area contributed by atoms with Crippen LogP contribution < -0.4 is 11.1 Å². The molecule has 0 spiro atoms. The molecule has 0 fully saturated rings. The van der Waals surface area contributed by atoms with Gasteiger partial charge in [-0.05, 0) is 6.07 Å². The van der Waals surface area contributed by atoms with Gasteiger partial charge in [0.25, 0.3) is 5.91 Å². The molecule has 1 heterocycles. The molecule has 1 rings (SSSR count). The lowest BCUT2D eigenvalue weighted by Gasteiger charge is -2.03. The Labute approximate surface area is 81.8 Å². The molecule has 1 amide bonds. The van der Waals surface area contributed by atoms with E-state index < -0.39 is 0 Å². The van der Waals surface area contributed by atoms with Crippen molar-refractivity contribution in [2.45, 2.75) is 0 Å². The van der Waals surface area contributed by atoms with Crippen LogP contribution in [0, 0.1) is 0 Å². The van der Waals surface area contributed by atoms with Crippen LogP contribution >= 0.6 is 0 Å². The van der Waals surface area contributed by atoms with Crippen molar-refractivity contribution in [1.82, 2.24) is 15.5 Å². The van der Waals surface area contributed by atoms with Crippen molar-refractivity contribution in [1.29, 1.82) is 0 Å². The second-order valence-electron chi connectivity index (χ2n) is 2.63. The van der Waals surface area contributed by atoms with E-state index in [-0.39, 0.29) is 5.91 Å². The van der Waals surface area contributed by atoms with Gasteiger partial charge in [-0.2, -0.15) is 5.10 Å². The van der Waals surface area contributed by atoms with Crippen molar-refractivity contribution >= 4 is 5.91 Å². The predicted octanol–water partition coefficient (Wildman–Crippen LogP) is -0.885. The number of carbonyl (C=O) groups is 1. The molecule has 0 aliphatic carbocycles. The van der Waals surface area contributed by atoms with E-state index in [0.29, 0.717) is 32.0 Å². The zero-order valence-electron chi connectivity index (χ0n) is 7.82. The average molecular weight is 198 g/mol. The van der Waals surface area contributed by atoms with Gasteiger partial charge in [-0.15, -0.1) is 0 Å². The molecule has 78 valence electrons. The number of hydrogen-bond donors (Lipinski definition) is 3. The van der Waals surface area contributed by atoms with Crippen LogP contribution in [0.15, 0.2) is 12.3 Å². The molecule has 0 atom stereocenters. The predicted molar refractivity (Wildman–Crippen MR) is 50.8 cm³/mol. The summed E-state index contributed by atoms with van der Waals surface area (Å²) in [6.45, 7) is 1.95. The standard InChI is InChI=1S/C8H14N4O2/c9-2-5-14-6-4-10-8(13)7-1-3-11-12-7/h1,3H,2,4-6,9H2,(H,10,13)(H,11,12). The SMILES string of the molecule is NCCOCCNC(=O)c1ccn[nH]1. The molecule has 1 aromatic heterocycles. The Morgan fingerprint density at radius 2 is 2.50 bits per heavy atom. The quantitative estimate of drug-likeness (QED) is 0.517. The van der Waals surface area contributed by atoms with Gasteiger partial charge in [0.05, 0.1) is 13.2 Å². The van der Waals surface area contributed by atoms with Gasteiger partial charge in [-0.3, -0.25) is 9.89 Å². The van der Waals surface area contributed by atoms with Crippen molar-refractivity contribution < 1.29 is 9.53 Å². The van der Waals surface area contributed by atoms with Crippen LogP contribution in [0.25, 0.3) is 0 Å². The summed E-state index contributed by atoms with van der Waals surface area (Å²) in [4.78, 5) is 11.3. The number of nitrogens with one attached hydrogen (secondary N) is 2. The van der Waals surface area contributed by atoms with Gasteiger partial charge in [0, 0.05) is 19.3 Å². The summed E-state index contributed by atoms with van der Waals surface area (Å²) in [5.41, 5.74) is 5.67. The summed E-state index contributed by atoms with van der Waals surface area (Å²) < 4.78 is 5.09. The van der Waals surface area contributed by atoms with Gasteiger partial charge in [-0.25, -0.2) is 0 Å². The molecule has 0 bridgehead atoms. The molecule has 14 heavy (non-hydrogen) atoms. The lowest BCUT2D eigenvalue weighted by Crippen LogP contribution is -2.28. The third kappa shape index (κ3) is 3.55. The number of rotatable bonds is 6. The number of aromatic nitrogens is 2. The first kappa shape index (κ1) is 10.7. The van der Waals surface area contributed by atoms with Crippen LogP contribution in [0.4, 0.5) is 0 Å². The molecule has 0 saturated heterocycles. The highest BCUT2D eigenvalue weighted by Crippen LogP contribution is 1.89. The minimum atomic E-state index is -0.182. The highest BCUT2D eigenvalue weighted by atomic mass is 16.5. The number of ether oxygens (including phenoxy) is 1. The molecule has 6 nitrogen and oxygen atoms in total. The highest BCUT2D eigenvalue weighted by molar-refractivity contribution is 5.91. The zero-order chi connectivity index (χ0) is 10.2. The molecule has 6 heteroatoms. The van der Waals surface area contributed by atoms with E-state index in [2.05, 4.69) is 15.5 Å². The fraction of sp³-hybridized carbons (Fsp3) is 0.500. The minimum absolute atomic E-state index is 0.182. The van der Waals surface area contributed by atoms with E-state index in [1.54, 1.807) is 6.07 Å². The van der Waals surface area contributed by atoms with Gasteiger partial charge in [-0.1, -0.05) is 0 Å². The van der Waals surface area contributed by atoms with Crippen LogP contribution in [0.5, 0.6) is 0 Å². The monoisotopic (exact) mass is 198 g/mol. The van der Waals surface area contributed by atoms with E-state index >= 15 is 0 Å². The molecule has 1 aromatic rings. The van der Waals surface area contributed by atoms with Gasteiger partial charge >= 0.3 is 0 Å². The zero-order valence-corrected chi connectivity index (χ0v) is 7.82. The van der Waals surface area contributed by atoms with Crippen molar-refractivity contribution in [3.05, 3.63) is 18.0 Å².